The molecular weight excluding hydrogens is 645 g/mol. The molecule has 0 aliphatic carbocycles. The highest BCUT2D eigenvalue weighted by molar-refractivity contribution is 6.14. The molecule has 0 amide bonds. The summed E-state index contributed by atoms with van der Waals surface area (Å²) in [5.41, 5.74) is 12.7. The zero-order valence-electron chi connectivity index (χ0n) is 28.8. The van der Waals surface area contributed by atoms with E-state index >= 15 is 0 Å². The molecule has 10 rings (SSSR count). The molecule has 7 aromatic carbocycles. The smallest absolute Gasteiger partial charge is 0.164 e. The summed E-state index contributed by atoms with van der Waals surface area (Å²) in [4.78, 5) is 14.6. The lowest BCUT2D eigenvalue weighted by molar-refractivity contribution is 1.08. The van der Waals surface area contributed by atoms with Crippen molar-refractivity contribution in [2.75, 3.05) is 0 Å². The maximum atomic E-state index is 5.20. The lowest BCUT2D eigenvalue weighted by Crippen LogP contribution is -1.98. The number of nitrogens with zero attached hydrogens (tertiary/aromatic N) is 4. The van der Waals surface area contributed by atoms with Crippen molar-refractivity contribution in [1.82, 2.24) is 19.5 Å². The minimum atomic E-state index is 0.825. The first-order valence-corrected chi connectivity index (χ1v) is 17.8. The SMILES string of the molecule is c1ccc(-c2cnc3c(c2)nc(-c2ccc(-c4cc(-c5cccnc5)cc(-c5cc6ccccc6c6ccccc56)c4)cc2)n3-c2ccccc2)cc1. The minimum Gasteiger partial charge on any atom is -0.277 e. The summed E-state index contributed by atoms with van der Waals surface area (Å²) in [7, 11) is 0. The molecular formula is C49H32N4. The molecule has 248 valence electrons. The van der Waals surface area contributed by atoms with Crippen LogP contribution in [0.15, 0.2) is 195 Å². The molecule has 0 aliphatic rings. The van der Waals surface area contributed by atoms with Gasteiger partial charge in [-0.15, -0.1) is 0 Å². The van der Waals surface area contributed by atoms with E-state index in [2.05, 4.69) is 167 Å². The lowest BCUT2D eigenvalue weighted by atomic mass is 9.89. The molecule has 4 nitrogen and oxygen atoms in total. The Bertz CT molecular complexity index is 2910. The van der Waals surface area contributed by atoms with E-state index in [1.165, 1.54) is 32.7 Å². The summed E-state index contributed by atoms with van der Waals surface area (Å²) in [5.74, 6) is 0.850. The molecule has 0 unspecified atom stereocenters. The molecule has 0 saturated heterocycles. The molecule has 3 heterocycles. The van der Waals surface area contributed by atoms with Crippen molar-refractivity contribution < 1.29 is 0 Å². The number of hydrogen-bond donors (Lipinski definition) is 0. The van der Waals surface area contributed by atoms with Crippen molar-refractivity contribution in [3.05, 3.63) is 195 Å². The van der Waals surface area contributed by atoms with Crippen LogP contribution in [0.5, 0.6) is 0 Å². The molecule has 0 atom stereocenters. The highest BCUT2D eigenvalue weighted by atomic mass is 15.1. The molecule has 53 heavy (non-hydrogen) atoms. The number of aromatic nitrogens is 4. The molecule has 3 aromatic heterocycles. The van der Waals surface area contributed by atoms with Crippen molar-refractivity contribution in [1.29, 1.82) is 0 Å². The van der Waals surface area contributed by atoms with Crippen molar-refractivity contribution in [2.45, 2.75) is 0 Å². The van der Waals surface area contributed by atoms with Gasteiger partial charge in [0, 0.05) is 41.0 Å². The molecule has 0 N–H and O–H groups in total. The van der Waals surface area contributed by atoms with Gasteiger partial charge in [0.25, 0.3) is 0 Å². The number of benzene rings is 7. The normalized spacial score (nSPS) is 11.4. The third kappa shape index (κ3) is 5.54. The number of rotatable bonds is 6. The first-order valence-electron chi connectivity index (χ1n) is 17.8. The van der Waals surface area contributed by atoms with Crippen LogP contribution in [-0.4, -0.2) is 19.5 Å². The fourth-order valence-corrected chi connectivity index (χ4v) is 7.52. The van der Waals surface area contributed by atoms with Crippen LogP contribution in [0.2, 0.25) is 0 Å². The van der Waals surface area contributed by atoms with E-state index < -0.39 is 0 Å². The van der Waals surface area contributed by atoms with Crippen LogP contribution in [0, 0.1) is 0 Å². The molecule has 4 heteroatoms. The third-order valence-corrected chi connectivity index (χ3v) is 10.1. The van der Waals surface area contributed by atoms with Gasteiger partial charge < -0.3 is 0 Å². The second kappa shape index (κ2) is 12.9. The number of pyridine rings is 2. The van der Waals surface area contributed by atoms with Crippen LogP contribution in [0.4, 0.5) is 0 Å². The standard InChI is InChI=1S/C49H32N4/c1-3-12-33(13-4-1)41-30-47-49(51-32-41)53(42-16-5-2-6-17-42)48(52-47)35-23-21-34(22-24-35)38-26-39(37-15-11-25-50-31-37)28-40(27-38)46-29-36-14-7-8-18-43(36)44-19-9-10-20-45(44)46/h1-32H. The fraction of sp³-hybridized carbons (Fsp3) is 0. The topological polar surface area (TPSA) is 43.6 Å². The van der Waals surface area contributed by atoms with Gasteiger partial charge in [0.1, 0.15) is 11.3 Å². The van der Waals surface area contributed by atoms with Gasteiger partial charge in [0.05, 0.1) is 0 Å². The van der Waals surface area contributed by atoms with E-state index in [4.69, 9.17) is 9.97 Å². The Hall–Kier alpha value is -7.17. The van der Waals surface area contributed by atoms with Crippen molar-refractivity contribution in [3.8, 4) is 61.6 Å². The van der Waals surface area contributed by atoms with Crippen LogP contribution in [-0.2, 0) is 0 Å². The highest BCUT2D eigenvalue weighted by Crippen LogP contribution is 2.39. The van der Waals surface area contributed by atoms with Crippen LogP contribution < -0.4 is 0 Å². The van der Waals surface area contributed by atoms with E-state index in [1.807, 2.05) is 36.8 Å². The second-order valence-corrected chi connectivity index (χ2v) is 13.3. The molecule has 0 bridgehead atoms. The maximum Gasteiger partial charge on any atom is 0.164 e. The summed E-state index contributed by atoms with van der Waals surface area (Å²) in [6, 6.07) is 62.3. The molecule has 10 aromatic rings. The second-order valence-electron chi connectivity index (χ2n) is 13.3. The first-order chi connectivity index (χ1) is 26.3. The largest absolute Gasteiger partial charge is 0.277 e. The Balaban J connectivity index is 1.12. The quantitative estimate of drug-likeness (QED) is 0.165. The Morgan fingerprint density at radius 2 is 1.02 bits per heavy atom. The molecule has 0 aliphatic heterocycles. The molecule has 0 fully saturated rings. The minimum absolute atomic E-state index is 0.825. The highest BCUT2D eigenvalue weighted by Gasteiger charge is 2.18. The zero-order valence-corrected chi connectivity index (χ0v) is 28.8. The third-order valence-electron chi connectivity index (χ3n) is 10.1. The summed E-state index contributed by atoms with van der Waals surface area (Å²) in [6.45, 7) is 0. The zero-order chi connectivity index (χ0) is 35.1. The van der Waals surface area contributed by atoms with E-state index in [0.29, 0.717) is 0 Å². The summed E-state index contributed by atoms with van der Waals surface area (Å²) >= 11 is 0. The number of imidazole rings is 1. The van der Waals surface area contributed by atoms with Crippen molar-refractivity contribution in [2.24, 2.45) is 0 Å². The van der Waals surface area contributed by atoms with Crippen LogP contribution >= 0.6 is 0 Å². The Morgan fingerprint density at radius 1 is 0.396 bits per heavy atom. The van der Waals surface area contributed by atoms with E-state index in [-0.39, 0.29) is 0 Å². The molecule has 0 radical (unpaired) electrons. The maximum absolute atomic E-state index is 5.20. The fourth-order valence-electron chi connectivity index (χ4n) is 7.52. The summed E-state index contributed by atoms with van der Waals surface area (Å²) in [6.07, 6.45) is 5.71. The van der Waals surface area contributed by atoms with E-state index in [1.54, 1.807) is 0 Å². The Kier molecular flexibility index (Phi) is 7.43. The van der Waals surface area contributed by atoms with Gasteiger partial charge in [-0.2, -0.15) is 0 Å². The average Bonchev–Trinajstić information content (AvgIpc) is 3.63. The number of fused-ring (bicyclic) bond motifs is 4. The van der Waals surface area contributed by atoms with Crippen molar-refractivity contribution in [3.63, 3.8) is 0 Å². The first kappa shape index (κ1) is 30.6. The number of hydrogen-bond acceptors (Lipinski definition) is 3. The Labute approximate surface area is 307 Å². The van der Waals surface area contributed by atoms with Crippen LogP contribution in [0.3, 0.4) is 0 Å². The number of para-hydroxylation sites is 1. The Morgan fingerprint density at radius 3 is 1.79 bits per heavy atom. The van der Waals surface area contributed by atoms with E-state index in [0.717, 1.165) is 61.6 Å². The van der Waals surface area contributed by atoms with Gasteiger partial charge in [-0.1, -0.05) is 127 Å². The van der Waals surface area contributed by atoms with Crippen molar-refractivity contribution >= 4 is 32.7 Å². The van der Waals surface area contributed by atoms with Crippen LogP contribution in [0.1, 0.15) is 0 Å². The van der Waals surface area contributed by atoms with Gasteiger partial charge in [-0.05, 0) is 103 Å². The van der Waals surface area contributed by atoms with Crippen LogP contribution in [0.25, 0.3) is 94.3 Å². The van der Waals surface area contributed by atoms with E-state index in [9.17, 15) is 0 Å². The predicted octanol–water partition coefficient (Wildman–Crippen LogP) is 12.5. The van der Waals surface area contributed by atoms with Gasteiger partial charge >= 0.3 is 0 Å². The molecule has 0 spiro atoms. The van der Waals surface area contributed by atoms with Gasteiger partial charge in [-0.3, -0.25) is 9.55 Å². The average molecular weight is 677 g/mol. The summed E-state index contributed by atoms with van der Waals surface area (Å²) in [5, 5.41) is 4.98. The van der Waals surface area contributed by atoms with Gasteiger partial charge in [-0.25, -0.2) is 9.97 Å². The summed E-state index contributed by atoms with van der Waals surface area (Å²) < 4.78 is 2.16. The monoisotopic (exact) mass is 676 g/mol. The molecule has 0 saturated carbocycles. The van der Waals surface area contributed by atoms with Gasteiger partial charge in [0.2, 0.25) is 0 Å². The van der Waals surface area contributed by atoms with Gasteiger partial charge in [0.15, 0.2) is 5.65 Å². The predicted molar refractivity (Wildman–Crippen MR) is 219 cm³/mol. The lowest BCUT2D eigenvalue weighted by Gasteiger charge is -2.15.